The standard InChI is InChI=1S/C17H28N2O/c1-13(2)19-8-7-15(11-19)16(10-18)12-20-17-6-4-5-14(3)9-17/h4-6,9,13,15-16H,7-8,10-12,18H2,1-3H3. The zero-order valence-corrected chi connectivity index (χ0v) is 13.0. The molecule has 1 heterocycles. The molecule has 2 unspecified atom stereocenters. The molecule has 0 bridgehead atoms. The Labute approximate surface area is 123 Å². The van der Waals surface area contributed by atoms with Crippen LogP contribution in [-0.4, -0.2) is 37.2 Å². The Bertz CT molecular complexity index is 419. The van der Waals surface area contributed by atoms with Crippen LogP contribution in [0.1, 0.15) is 25.8 Å². The van der Waals surface area contributed by atoms with Crippen LogP contribution in [0.3, 0.4) is 0 Å². The van der Waals surface area contributed by atoms with Crippen molar-refractivity contribution in [2.75, 3.05) is 26.2 Å². The smallest absolute Gasteiger partial charge is 0.119 e. The molecule has 1 saturated heterocycles. The molecule has 0 saturated carbocycles. The monoisotopic (exact) mass is 276 g/mol. The van der Waals surface area contributed by atoms with E-state index in [1.807, 2.05) is 12.1 Å². The van der Waals surface area contributed by atoms with Gasteiger partial charge in [-0.1, -0.05) is 12.1 Å². The molecular weight excluding hydrogens is 248 g/mol. The highest BCUT2D eigenvalue weighted by atomic mass is 16.5. The van der Waals surface area contributed by atoms with Crippen LogP contribution in [-0.2, 0) is 0 Å². The third kappa shape index (κ3) is 3.97. The molecule has 2 atom stereocenters. The number of rotatable bonds is 6. The number of likely N-dealkylation sites (tertiary alicyclic amines) is 1. The van der Waals surface area contributed by atoms with Crippen LogP contribution in [0, 0.1) is 18.8 Å². The van der Waals surface area contributed by atoms with Crippen LogP contribution in [0.4, 0.5) is 0 Å². The van der Waals surface area contributed by atoms with Gasteiger partial charge in [0.25, 0.3) is 0 Å². The van der Waals surface area contributed by atoms with E-state index in [1.165, 1.54) is 18.5 Å². The lowest BCUT2D eigenvalue weighted by molar-refractivity contribution is 0.188. The van der Waals surface area contributed by atoms with Gasteiger partial charge in [-0.2, -0.15) is 0 Å². The van der Waals surface area contributed by atoms with Crippen LogP contribution in [0.15, 0.2) is 24.3 Å². The van der Waals surface area contributed by atoms with Crippen molar-refractivity contribution in [3.8, 4) is 5.75 Å². The normalized spacial score (nSPS) is 21.4. The van der Waals surface area contributed by atoms with Crippen LogP contribution >= 0.6 is 0 Å². The summed E-state index contributed by atoms with van der Waals surface area (Å²) in [6.07, 6.45) is 1.25. The summed E-state index contributed by atoms with van der Waals surface area (Å²) in [5.74, 6) is 2.09. The summed E-state index contributed by atoms with van der Waals surface area (Å²) in [7, 11) is 0. The number of ether oxygens (including phenoxy) is 1. The summed E-state index contributed by atoms with van der Waals surface area (Å²) in [4.78, 5) is 2.54. The highest BCUT2D eigenvalue weighted by Gasteiger charge is 2.30. The van der Waals surface area contributed by atoms with E-state index in [0.29, 0.717) is 24.4 Å². The third-order valence-electron chi connectivity index (χ3n) is 4.41. The number of nitrogens with zero attached hydrogens (tertiary/aromatic N) is 1. The fraction of sp³-hybridized carbons (Fsp3) is 0.647. The van der Waals surface area contributed by atoms with Gasteiger partial charge in [0.05, 0.1) is 6.61 Å². The SMILES string of the molecule is Cc1cccc(OCC(CN)C2CCN(C(C)C)C2)c1. The Kier molecular flexibility index (Phi) is 5.44. The van der Waals surface area contributed by atoms with Gasteiger partial charge in [-0.05, 0) is 63.9 Å². The van der Waals surface area contributed by atoms with Crippen molar-refractivity contribution in [3.63, 3.8) is 0 Å². The molecular formula is C17H28N2O. The number of aryl methyl sites for hydroxylation is 1. The molecule has 0 aromatic heterocycles. The predicted molar refractivity (Wildman–Crippen MR) is 84.0 cm³/mol. The first-order valence-electron chi connectivity index (χ1n) is 7.73. The van der Waals surface area contributed by atoms with Crippen molar-refractivity contribution in [1.82, 2.24) is 4.90 Å². The van der Waals surface area contributed by atoms with Crippen LogP contribution in [0.2, 0.25) is 0 Å². The van der Waals surface area contributed by atoms with E-state index < -0.39 is 0 Å². The molecule has 3 heteroatoms. The van der Waals surface area contributed by atoms with E-state index in [4.69, 9.17) is 10.5 Å². The second-order valence-electron chi connectivity index (χ2n) is 6.26. The molecule has 0 spiro atoms. The van der Waals surface area contributed by atoms with E-state index in [0.717, 1.165) is 18.9 Å². The second-order valence-corrected chi connectivity index (χ2v) is 6.26. The molecule has 0 radical (unpaired) electrons. The summed E-state index contributed by atoms with van der Waals surface area (Å²) in [5.41, 5.74) is 7.20. The minimum Gasteiger partial charge on any atom is -0.493 e. The third-order valence-corrected chi connectivity index (χ3v) is 4.41. The van der Waals surface area contributed by atoms with E-state index in [1.54, 1.807) is 0 Å². The maximum Gasteiger partial charge on any atom is 0.119 e. The van der Waals surface area contributed by atoms with Crippen LogP contribution in [0.25, 0.3) is 0 Å². The molecule has 1 aliphatic heterocycles. The minimum absolute atomic E-state index is 0.458. The maximum absolute atomic E-state index is 5.97. The van der Waals surface area contributed by atoms with Gasteiger partial charge in [-0.25, -0.2) is 0 Å². The fourth-order valence-electron chi connectivity index (χ4n) is 2.97. The van der Waals surface area contributed by atoms with E-state index in [2.05, 4.69) is 37.8 Å². The molecule has 1 fully saturated rings. The molecule has 1 aromatic carbocycles. The van der Waals surface area contributed by atoms with Gasteiger partial charge in [0.1, 0.15) is 5.75 Å². The van der Waals surface area contributed by atoms with Gasteiger partial charge in [0, 0.05) is 18.5 Å². The molecule has 1 aromatic rings. The largest absolute Gasteiger partial charge is 0.493 e. The van der Waals surface area contributed by atoms with Gasteiger partial charge in [0.15, 0.2) is 0 Å². The van der Waals surface area contributed by atoms with Crippen molar-refractivity contribution >= 4 is 0 Å². The summed E-state index contributed by atoms with van der Waals surface area (Å²) in [6, 6.07) is 8.87. The summed E-state index contributed by atoms with van der Waals surface area (Å²) in [5, 5.41) is 0. The molecule has 2 N–H and O–H groups in total. The maximum atomic E-state index is 5.97. The molecule has 0 aliphatic carbocycles. The Morgan fingerprint density at radius 1 is 1.40 bits per heavy atom. The van der Waals surface area contributed by atoms with Gasteiger partial charge in [-0.3, -0.25) is 0 Å². The lowest BCUT2D eigenvalue weighted by Crippen LogP contribution is -2.33. The highest BCUT2D eigenvalue weighted by molar-refractivity contribution is 5.27. The van der Waals surface area contributed by atoms with Crippen molar-refractivity contribution in [2.24, 2.45) is 17.6 Å². The fourth-order valence-corrected chi connectivity index (χ4v) is 2.97. The van der Waals surface area contributed by atoms with E-state index >= 15 is 0 Å². The van der Waals surface area contributed by atoms with E-state index in [-0.39, 0.29) is 0 Å². The van der Waals surface area contributed by atoms with E-state index in [9.17, 15) is 0 Å². The van der Waals surface area contributed by atoms with Crippen LogP contribution in [0.5, 0.6) is 5.75 Å². The van der Waals surface area contributed by atoms with Crippen molar-refractivity contribution < 1.29 is 4.74 Å². The summed E-state index contributed by atoms with van der Waals surface area (Å²) < 4.78 is 5.95. The Hall–Kier alpha value is -1.06. The van der Waals surface area contributed by atoms with Crippen molar-refractivity contribution in [1.29, 1.82) is 0 Å². The first kappa shape index (κ1) is 15.3. The first-order chi connectivity index (χ1) is 9.60. The lowest BCUT2D eigenvalue weighted by Gasteiger charge is -2.24. The molecule has 112 valence electrons. The highest BCUT2D eigenvalue weighted by Crippen LogP contribution is 2.26. The predicted octanol–water partition coefficient (Wildman–Crippen LogP) is 2.68. The number of nitrogens with two attached hydrogens (primary N) is 1. The Morgan fingerprint density at radius 3 is 2.80 bits per heavy atom. The molecule has 3 nitrogen and oxygen atoms in total. The Morgan fingerprint density at radius 2 is 2.20 bits per heavy atom. The quantitative estimate of drug-likeness (QED) is 0.868. The molecule has 2 rings (SSSR count). The second kappa shape index (κ2) is 7.09. The zero-order valence-electron chi connectivity index (χ0n) is 13.0. The molecule has 0 amide bonds. The topological polar surface area (TPSA) is 38.5 Å². The summed E-state index contributed by atoms with van der Waals surface area (Å²) in [6.45, 7) is 10.4. The average molecular weight is 276 g/mol. The van der Waals surface area contributed by atoms with Crippen molar-refractivity contribution in [3.05, 3.63) is 29.8 Å². The van der Waals surface area contributed by atoms with Crippen molar-refractivity contribution in [2.45, 2.75) is 33.2 Å². The Balaban J connectivity index is 1.87. The number of hydrogen-bond acceptors (Lipinski definition) is 3. The van der Waals surface area contributed by atoms with Gasteiger partial charge >= 0.3 is 0 Å². The van der Waals surface area contributed by atoms with Crippen LogP contribution < -0.4 is 10.5 Å². The van der Waals surface area contributed by atoms with Gasteiger partial charge in [-0.15, -0.1) is 0 Å². The number of benzene rings is 1. The molecule has 1 aliphatic rings. The van der Waals surface area contributed by atoms with Gasteiger partial charge in [0.2, 0.25) is 0 Å². The van der Waals surface area contributed by atoms with Gasteiger partial charge < -0.3 is 15.4 Å². The molecule has 20 heavy (non-hydrogen) atoms. The zero-order chi connectivity index (χ0) is 14.5. The minimum atomic E-state index is 0.458. The number of hydrogen-bond donors (Lipinski definition) is 1. The average Bonchev–Trinajstić information content (AvgIpc) is 2.89. The summed E-state index contributed by atoms with van der Waals surface area (Å²) >= 11 is 0. The first-order valence-corrected chi connectivity index (χ1v) is 7.73. The lowest BCUT2D eigenvalue weighted by atomic mass is 9.92.